The van der Waals surface area contributed by atoms with Crippen molar-refractivity contribution in [3.8, 4) is 11.5 Å². The molecule has 1 aliphatic rings. The summed E-state index contributed by atoms with van der Waals surface area (Å²) < 4.78 is 17.2. The lowest BCUT2D eigenvalue weighted by Gasteiger charge is -2.32. The van der Waals surface area contributed by atoms with Crippen molar-refractivity contribution in [2.75, 3.05) is 18.2 Å². The Morgan fingerprint density at radius 2 is 2.04 bits per heavy atom. The van der Waals surface area contributed by atoms with Crippen LogP contribution in [0.5, 0.6) is 11.5 Å². The SMILES string of the molecule is CCOc1ccccc1N1COc2ccc3c(C)cc(=O)oc3c2C1. The fraction of sp³-hybridized carbons (Fsp3) is 0.250. The predicted molar refractivity (Wildman–Crippen MR) is 96.5 cm³/mol. The van der Waals surface area contributed by atoms with Crippen LogP contribution in [0.4, 0.5) is 5.69 Å². The number of hydrogen-bond acceptors (Lipinski definition) is 5. The van der Waals surface area contributed by atoms with E-state index in [0.717, 1.165) is 33.7 Å². The second-order valence-electron chi connectivity index (χ2n) is 6.04. The molecule has 2 aromatic carbocycles. The standard InChI is InChI=1S/C20H19NO4/c1-3-23-18-7-5-4-6-16(18)21-11-15-17(24-12-21)9-8-14-13(2)10-19(22)25-20(14)15/h4-10H,3,11-12H2,1-2H3. The molecule has 0 atom stereocenters. The lowest BCUT2D eigenvalue weighted by atomic mass is 10.0. The third-order valence-electron chi connectivity index (χ3n) is 4.41. The molecule has 0 saturated heterocycles. The van der Waals surface area contributed by atoms with Gasteiger partial charge in [-0.05, 0) is 43.7 Å². The van der Waals surface area contributed by atoms with E-state index in [9.17, 15) is 4.79 Å². The molecule has 0 aliphatic carbocycles. The van der Waals surface area contributed by atoms with Crippen molar-refractivity contribution in [2.24, 2.45) is 0 Å². The molecule has 0 amide bonds. The normalized spacial score (nSPS) is 13.4. The maximum Gasteiger partial charge on any atom is 0.336 e. The lowest BCUT2D eigenvalue weighted by Crippen LogP contribution is -2.32. The second-order valence-corrected chi connectivity index (χ2v) is 6.04. The Morgan fingerprint density at radius 3 is 2.88 bits per heavy atom. The van der Waals surface area contributed by atoms with Gasteiger partial charge in [0.15, 0.2) is 6.73 Å². The van der Waals surface area contributed by atoms with Crippen molar-refractivity contribution in [1.29, 1.82) is 0 Å². The van der Waals surface area contributed by atoms with Gasteiger partial charge in [-0.15, -0.1) is 0 Å². The minimum Gasteiger partial charge on any atom is -0.492 e. The molecule has 0 unspecified atom stereocenters. The summed E-state index contributed by atoms with van der Waals surface area (Å²) in [4.78, 5) is 13.9. The van der Waals surface area contributed by atoms with Gasteiger partial charge in [0.2, 0.25) is 0 Å². The fourth-order valence-corrected chi connectivity index (χ4v) is 3.24. The molecule has 25 heavy (non-hydrogen) atoms. The molecular weight excluding hydrogens is 318 g/mol. The van der Waals surface area contributed by atoms with Crippen LogP contribution in [-0.2, 0) is 6.54 Å². The zero-order valence-corrected chi connectivity index (χ0v) is 14.2. The molecule has 1 aliphatic heterocycles. The van der Waals surface area contributed by atoms with Crippen LogP contribution in [-0.4, -0.2) is 13.3 Å². The van der Waals surface area contributed by atoms with Crippen LogP contribution >= 0.6 is 0 Å². The van der Waals surface area contributed by atoms with Gasteiger partial charge >= 0.3 is 5.63 Å². The smallest absolute Gasteiger partial charge is 0.336 e. The monoisotopic (exact) mass is 337 g/mol. The van der Waals surface area contributed by atoms with Crippen LogP contribution in [0.1, 0.15) is 18.1 Å². The number of rotatable bonds is 3. The lowest BCUT2D eigenvalue weighted by molar-refractivity contribution is 0.284. The summed E-state index contributed by atoms with van der Waals surface area (Å²) in [5.74, 6) is 1.57. The van der Waals surface area contributed by atoms with E-state index in [0.29, 0.717) is 25.5 Å². The van der Waals surface area contributed by atoms with Gasteiger partial charge in [-0.2, -0.15) is 0 Å². The molecule has 3 aromatic rings. The highest BCUT2D eigenvalue weighted by Crippen LogP contribution is 2.37. The molecule has 1 aromatic heterocycles. The Kier molecular flexibility index (Phi) is 3.84. The Labute approximate surface area is 145 Å². The maximum atomic E-state index is 11.8. The van der Waals surface area contributed by atoms with E-state index < -0.39 is 0 Å². The number of nitrogens with zero attached hydrogens (tertiary/aromatic N) is 1. The summed E-state index contributed by atoms with van der Waals surface area (Å²) in [7, 11) is 0. The number of para-hydroxylation sites is 2. The maximum absolute atomic E-state index is 11.8. The first kappa shape index (κ1) is 15.6. The zero-order chi connectivity index (χ0) is 17.4. The van der Waals surface area contributed by atoms with E-state index in [1.165, 1.54) is 6.07 Å². The van der Waals surface area contributed by atoms with Crippen LogP contribution in [0.3, 0.4) is 0 Å². The molecule has 0 N–H and O–H groups in total. The highest BCUT2D eigenvalue weighted by atomic mass is 16.5. The molecule has 0 spiro atoms. The molecule has 5 nitrogen and oxygen atoms in total. The molecule has 128 valence electrons. The van der Waals surface area contributed by atoms with Crippen LogP contribution in [0.2, 0.25) is 0 Å². The Balaban J connectivity index is 1.81. The molecular formula is C20H19NO4. The van der Waals surface area contributed by atoms with Crippen molar-refractivity contribution in [3.05, 3.63) is 64.0 Å². The molecule has 4 rings (SSSR count). The Morgan fingerprint density at radius 1 is 1.20 bits per heavy atom. The Hall–Kier alpha value is -2.95. The molecule has 0 radical (unpaired) electrons. The summed E-state index contributed by atoms with van der Waals surface area (Å²) in [6.07, 6.45) is 0. The summed E-state index contributed by atoms with van der Waals surface area (Å²) in [5, 5.41) is 0.932. The number of fused-ring (bicyclic) bond motifs is 3. The number of hydrogen-bond donors (Lipinski definition) is 0. The third kappa shape index (κ3) is 2.71. The van der Waals surface area contributed by atoms with Crippen LogP contribution in [0, 0.1) is 6.92 Å². The fourth-order valence-electron chi connectivity index (χ4n) is 3.24. The van der Waals surface area contributed by atoms with Gasteiger partial charge in [-0.1, -0.05) is 12.1 Å². The largest absolute Gasteiger partial charge is 0.492 e. The van der Waals surface area contributed by atoms with Gasteiger partial charge in [-0.25, -0.2) is 4.79 Å². The van der Waals surface area contributed by atoms with Gasteiger partial charge in [0.05, 0.1) is 24.4 Å². The second kappa shape index (κ2) is 6.16. The average molecular weight is 337 g/mol. The zero-order valence-electron chi connectivity index (χ0n) is 14.2. The highest BCUT2D eigenvalue weighted by molar-refractivity contribution is 5.85. The van der Waals surface area contributed by atoms with E-state index in [-0.39, 0.29) is 5.63 Å². The number of benzene rings is 2. The minimum atomic E-state index is -0.342. The van der Waals surface area contributed by atoms with Crippen LogP contribution in [0.25, 0.3) is 11.0 Å². The van der Waals surface area contributed by atoms with Crippen molar-refractivity contribution >= 4 is 16.7 Å². The van der Waals surface area contributed by atoms with E-state index in [2.05, 4.69) is 4.90 Å². The highest BCUT2D eigenvalue weighted by Gasteiger charge is 2.23. The topological polar surface area (TPSA) is 51.9 Å². The van der Waals surface area contributed by atoms with Crippen LogP contribution < -0.4 is 20.0 Å². The van der Waals surface area contributed by atoms with Crippen LogP contribution in [0.15, 0.2) is 51.7 Å². The summed E-state index contributed by atoms with van der Waals surface area (Å²) in [5.41, 5.74) is 3.00. The van der Waals surface area contributed by atoms with Gasteiger partial charge in [0, 0.05) is 11.5 Å². The van der Waals surface area contributed by atoms with Gasteiger partial charge in [0.25, 0.3) is 0 Å². The first-order valence-electron chi connectivity index (χ1n) is 8.33. The third-order valence-corrected chi connectivity index (χ3v) is 4.41. The number of anilines is 1. The summed E-state index contributed by atoms with van der Waals surface area (Å²) in [6.45, 7) is 5.47. The van der Waals surface area contributed by atoms with Crippen molar-refractivity contribution in [3.63, 3.8) is 0 Å². The van der Waals surface area contributed by atoms with Gasteiger partial charge in [0.1, 0.15) is 17.1 Å². The van der Waals surface area contributed by atoms with E-state index in [4.69, 9.17) is 13.9 Å². The van der Waals surface area contributed by atoms with E-state index in [1.807, 2.05) is 50.2 Å². The molecule has 2 heterocycles. The van der Waals surface area contributed by atoms with Crippen molar-refractivity contribution in [2.45, 2.75) is 20.4 Å². The van der Waals surface area contributed by atoms with Gasteiger partial charge in [-0.3, -0.25) is 0 Å². The first-order valence-corrected chi connectivity index (χ1v) is 8.33. The van der Waals surface area contributed by atoms with Gasteiger partial charge < -0.3 is 18.8 Å². The number of ether oxygens (including phenoxy) is 2. The van der Waals surface area contributed by atoms with Crippen molar-refractivity contribution < 1.29 is 13.9 Å². The van der Waals surface area contributed by atoms with E-state index >= 15 is 0 Å². The minimum absolute atomic E-state index is 0.342. The number of aryl methyl sites for hydroxylation is 1. The summed E-state index contributed by atoms with van der Waals surface area (Å²) >= 11 is 0. The summed E-state index contributed by atoms with van der Waals surface area (Å²) in [6, 6.07) is 13.3. The average Bonchev–Trinajstić information content (AvgIpc) is 2.62. The quantitative estimate of drug-likeness (QED) is 0.679. The molecule has 5 heteroatoms. The van der Waals surface area contributed by atoms with E-state index in [1.54, 1.807) is 0 Å². The molecule has 0 bridgehead atoms. The van der Waals surface area contributed by atoms with Crippen molar-refractivity contribution in [1.82, 2.24) is 0 Å². The Bertz CT molecular complexity index is 993. The molecule has 0 saturated carbocycles. The predicted octanol–water partition coefficient (Wildman–Crippen LogP) is 3.86. The molecule has 0 fully saturated rings. The first-order chi connectivity index (χ1) is 12.2.